The Kier molecular flexibility index (Phi) is 12.7. The van der Waals surface area contributed by atoms with Crippen LogP contribution in [0, 0.1) is 0 Å². The highest BCUT2D eigenvalue weighted by atomic mass is 127. The van der Waals surface area contributed by atoms with Crippen molar-refractivity contribution in [3.63, 3.8) is 0 Å². The summed E-state index contributed by atoms with van der Waals surface area (Å²) in [4.78, 5) is 17.6. The highest BCUT2D eigenvalue weighted by molar-refractivity contribution is 14.0. The summed E-state index contributed by atoms with van der Waals surface area (Å²) in [5, 5.41) is 6.86. The summed E-state index contributed by atoms with van der Waals surface area (Å²) in [7, 11) is 1.78. The van der Waals surface area contributed by atoms with Gasteiger partial charge in [0, 0.05) is 39.3 Å². The average molecular weight is 533 g/mol. The van der Waals surface area contributed by atoms with Gasteiger partial charge in [0.15, 0.2) is 12.6 Å². The van der Waals surface area contributed by atoms with E-state index in [1.165, 1.54) is 0 Å². The zero-order chi connectivity index (χ0) is 21.1. The fourth-order valence-corrected chi connectivity index (χ4v) is 3.19. The van der Waals surface area contributed by atoms with Crippen molar-refractivity contribution in [1.82, 2.24) is 15.5 Å². The van der Waals surface area contributed by atoms with Crippen LogP contribution in [0.15, 0.2) is 29.3 Å². The van der Waals surface area contributed by atoms with Gasteiger partial charge in [-0.15, -0.1) is 24.0 Å². The Labute approximate surface area is 197 Å². The fraction of sp³-hybridized carbons (Fsp3) is 0.619. The number of ether oxygens (including phenoxy) is 2. The number of halogens is 1. The number of aliphatic imine (C=N–C) groups is 1. The largest absolute Gasteiger partial charge is 0.484 e. The van der Waals surface area contributed by atoms with E-state index < -0.39 is 5.91 Å². The highest BCUT2D eigenvalue weighted by Crippen LogP contribution is 2.13. The van der Waals surface area contributed by atoms with Crippen LogP contribution in [0.25, 0.3) is 0 Å². The number of amides is 1. The van der Waals surface area contributed by atoms with Crippen molar-refractivity contribution in [3.05, 3.63) is 29.8 Å². The molecule has 1 amide bonds. The normalized spacial score (nSPS) is 15.5. The number of piperidine rings is 1. The van der Waals surface area contributed by atoms with Crippen LogP contribution >= 0.6 is 24.0 Å². The summed E-state index contributed by atoms with van der Waals surface area (Å²) in [6, 6.07) is 7.99. The molecule has 1 aliphatic heterocycles. The number of hydrogen-bond donors (Lipinski definition) is 3. The number of nitrogens with two attached hydrogens (primary N) is 1. The Bertz CT molecular complexity index is 664. The summed E-state index contributed by atoms with van der Waals surface area (Å²) < 4.78 is 11.0. The molecule has 1 aromatic carbocycles. The minimum Gasteiger partial charge on any atom is -0.484 e. The maximum Gasteiger partial charge on any atom is 0.255 e. The van der Waals surface area contributed by atoms with E-state index in [0.29, 0.717) is 24.4 Å². The summed E-state index contributed by atoms with van der Waals surface area (Å²) in [6.45, 7) is 8.54. The number of likely N-dealkylation sites (tertiary alicyclic amines) is 1. The first kappa shape index (κ1) is 26.4. The Balaban J connectivity index is 0.00000450. The molecular formula is C21H36IN5O3. The molecule has 1 aliphatic rings. The van der Waals surface area contributed by atoms with Crippen molar-refractivity contribution >= 4 is 35.8 Å². The third-order valence-corrected chi connectivity index (χ3v) is 4.75. The molecule has 1 aromatic rings. The number of primary amides is 1. The minimum absolute atomic E-state index is 0. The predicted octanol–water partition coefficient (Wildman–Crippen LogP) is 1.72. The zero-order valence-electron chi connectivity index (χ0n) is 18.2. The smallest absolute Gasteiger partial charge is 0.255 e. The van der Waals surface area contributed by atoms with Gasteiger partial charge in [0.2, 0.25) is 0 Å². The minimum atomic E-state index is -0.489. The predicted molar refractivity (Wildman–Crippen MR) is 130 cm³/mol. The number of hydrogen-bond acceptors (Lipinski definition) is 5. The van der Waals surface area contributed by atoms with E-state index in [2.05, 4.69) is 34.4 Å². The molecular weight excluding hydrogens is 497 g/mol. The molecule has 0 aliphatic carbocycles. The van der Waals surface area contributed by atoms with Gasteiger partial charge in [-0.2, -0.15) is 0 Å². The Hall–Kier alpha value is -1.59. The van der Waals surface area contributed by atoms with Crippen LogP contribution in [0.1, 0.15) is 32.3 Å². The van der Waals surface area contributed by atoms with Crippen molar-refractivity contribution in [2.75, 3.05) is 39.9 Å². The average Bonchev–Trinajstić information content (AvgIpc) is 2.70. The van der Waals surface area contributed by atoms with Crippen molar-refractivity contribution in [1.29, 1.82) is 0 Å². The van der Waals surface area contributed by atoms with E-state index in [9.17, 15) is 4.79 Å². The quantitative estimate of drug-likeness (QED) is 0.241. The monoisotopic (exact) mass is 533 g/mol. The lowest BCUT2D eigenvalue weighted by Crippen LogP contribution is -2.49. The molecule has 1 fully saturated rings. The summed E-state index contributed by atoms with van der Waals surface area (Å²) in [5.74, 6) is 0.923. The third kappa shape index (κ3) is 10.4. The van der Waals surface area contributed by atoms with Gasteiger partial charge in [-0.05, 0) is 44.4 Å². The van der Waals surface area contributed by atoms with E-state index in [0.717, 1.165) is 50.6 Å². The van der Waals surface area contributed by atoms with Crippen LogP contribution in [0.3, 0.4) is 0 Å². The van der Waals surface area contributed by atoms with Crippen molar-refractivity contribution in [2.24, 2.45) is 10.7 Å². The van der Waals surface area contributed by atoms with Crippen LogP contribution < -0.4 is 21.1 Å². The second-order valence-corrected chi connectivity index (χ2v) is 7.51. The van der Waals surface area contributed by atoms with Gasteiger partial charge in [0.25, 0.3) is 5.91 Å². The summed E-state index contributed by atoms with van der Waals surface area (Å²) in [5.41, 5.74) is 6.16. The molecule has 0 atom stereocenters. The first-order chi connectivity index (χ1) is 14.0. The fourth-order valence-electron chi connectivity index (χ4n) is 3.19. The van der Waals surface area contributed by atoms with Gasteiger partial charge in [-0.1, -0.05) is 12.1 Å². The first-order valence-electron chi connectivity index (χ1n) is 10.3. The number of benzene rings is 1. The summed E-state index contributed by atoms with van der Waals surface area (Å²) >= 11 is 0. The molecule has 1 saturated heterocycles. The molecule has 0 spiro atoms. The molecule has 4 N–H and O–H groups in total. The molecule has 0 saturated carbocycles. The highest BCUT2D eigenvalue weighted by Gasteiger charge is 2.19. The summed E-state index contributed by atoms with van der Waals surface area (Å²) in [6.07, 6.45) is 2.46. The maximum absolute atomic E-state index is 10.9. The van der Waals surface area contributed by atoms with Crippen LogP contribution in [0.4, 0.5) is 0 Å². The molecule has 0 bridgehead atoms. The number of rotatable bonds is 10. The Morgan fingerprint density at radius 3 is 2.70 bits per heavy atom. The van der Waals surface area contributed by atoms with E-state index >= 15 is 0 Å². The lowest BCUT2D eigenvalue weighted by molar-refractivity contribution is -0.119. The van der Waals surface area contributed by atoms with Crippen LogP contribution in [0.2, 0.25) is 0 Å². The topological polar surface area (TPSA) is 101 Å². The van der Waals surface area contributed by atoms with Crippen LogP contribution in [-0.4, -0.2) is 68.8 Å². The van der Waals surface area contributed by atoms with E-state index in [-0.39, 0.29) is 30.6 Å². The number of nitrogens with one attached hydrogen (secondary N) is 2. The van der Waals surface area contributed by atoms with Gasteiger partial charge < -0.3 is 30.7 Å². The third-order valence-electron chi connectivity index (χ3n) is 4.75. The molecule has 0 radical (unpaired) electrons. The Morgan fingerprint density at radius 1 is 1.33 bits per heavy atom. The van der Waals surface area contributed by atoms with Gasteiger partial charge in [-0.3, -0.25) is 9.79 Å². The van der Waals surface area contributed by atoms with E-state index in [1.807, 2.05) is 18.2 Å². The lowest BCUT2D eigenvalue weighted by atomic mass is 10.1. The van der Waals surface area contributed by atoms with Gasteiger partial charge in [0.05, 0.1) is 12.7 Å². The van der Waals surface area contributed by atoms with Crippen LogP contribution in [0.5, 0.6) is 5.75 Å². The zero-order valence-corrected chi connectivity index (χ0v) is 20.6. The second kappa shape index (κ2) is 14.4. The number of nitrogens with zero attached hydrogens (tertiary/aromatic N) is 2. The first-order valence-corrected chi connectivity index (χ1v) is 10.3. The van der Waals surface area contributed by atoms with Crippen molar-refractivity contribution < 1.29 is 14.3 Å². The molecule has 8 nitrogen and oxygen atoms in total. The lowest BCUT2D eigenvalue weighted by Gasteiger charge is -2.33. The molecule has 9 heteroatoms. The Morgan fingerprint density at radius 2 is 2.07 bits per heavy atom. The van der Waals surface area contributed by atoms with Crippen LogP contribution in [-0.2, 0) is 16.1 Å². The van der Waals surface area contributed by atoms with Crippen molar-refractivity contribution in [2.45, 2.75) is 45.4 Å². The maximum atomic E-state index is 10.9. The number of carbonyl (C=O) groups excluding carboxylic acids is 1. The molecule has 0 aromatic heterocycles. The van der Waals surface area contributed by atoms with E-state index in [1.54, 1.807) is 13.1 Å². The molecule has 1 heterocycles. The molecule has 170 valence electrons. The van der Waals surface area contributed by atoms with Crippen molar-refractivity contribution in [3.8, 4) is 5.75 Å². The second-order valence-electron chi connectivity index (χ2n) is 7.51. The molecule has 0 unspecified atom stereocenters. The van der Waals surface area contributed by atoms with Gasteiger partial charge in [0.1, 0.15) is 5.75 Å². The standard InChI is InChI=1S/C21H35N5O3.HI/c1-16(2)28-12-11-26-9-7-18(8-10-26)25-21(23-3)24-14-17-5-4-6-19(13-17)29-15-20(22)27;/h4-6,13,16,18H,7-12,14-15H2,1-3H3,(H2,22,27)(H2,23,24,25);1H. The molecule has 30 heavy (non-hydrogen) atoms. The van der Waals surface area contributed by atoms with Gasteiger partial charge >= 0.3 is 0 Å². The number of guanidine groups is 1. The number of carbonyl (C=O) groups is 1. The molecule has 2 rings (SSSR count). The van der Waals surface area contributed by atoms with E-state index in [4.69, 9.17) is 15.2 Å². The van der Waals surface area contributed by atoms with Gasteiger partial charge in [-0.25, -0.2) is 0 Å². The SMILES string of the molecule is CN=C(NCc1cccc(OCC(N)=O)c1)NC1CCN(CCOC(C)C)CC1.I.